The van der Waals surface area contributed by atoms with E-state index in [1.165, 1.54) is 22.6 Å². The van der Waals surface area contributed by atoms with Gasteiger partial charge in [-0.25, -0.2) is 0 Å². The molecule has 0 N–H and O–H groups in total. The van der Waals surface area contributed by atoms with Gasteiger partial charge in [0.15, 0.2) is 0 Å². The number of fused-ring (bicyclic) bond motifs is 1. The zero-order valence-electron chi connectivity index (χ0n) is 14.2. The summed E-state index contributed by atoms with van der Waals surface area (Å²) in [7, 11) is 0. The summed E-state index contributed by atoms with van der Waals surface area (Å²) < 4.78 is 2.35. The summed E-state index contributed by atoms with van der Waals surface area (Å²) in [5.41, 5.74) is 6.18. The lowest BCUT2D eigenvalue weighted by molar-refractivity contribution is 0.172. The summed E-state index contributed by atoms with van der Waals surface area (Å²) in [6.07, 6.45) is 3.68. The second-order valence-electron chi connectivity index (χ2n) is 6.96. The Bertz CT molecular complexity index is 739. The minimum Gasteiger partial charge on any atom is -0.391 e. The van der Waals surface area contributed by atoms with Gasteiger partial charge in [-0.1, -0.05) is 49.9 Å². The molecule has 0 spiro atoms. The van der Waals surface area contributed by atoms with Gasteiger partial charge >= 0.3 is 0 Å². The Kier molecular flexibility index (Phi) is 4.12. The van der Waals surface area contributed by atoms with E-state index in [1.54, 1.807) is 6.08 Å². The van der Waals surface area contributed by atoms with Crippen LogP contribution in [0.4, 0.5) is 0 Å². The van der Waals surface area contributed by atoms with Crippen molar-refractivity contribution in [2.24, 2.45) is 10.6 Å². The van der Waals surface area contributed by atoms with Crippen molar-refractivity contribution >= 4 is 5.71 Å². The number of nitrogens with zero attached hydrogens (tertiary/aromatic N) is 2. The maximum atomic E-state index is 5.39. The van der Waals surface area contributed by atoms with E-state index >= 15 is 0 Å². The first-order valence-corrected chi connectivity index (χ1v) is 8.08. The predicted octanol–water partition coefficient (Wildman–Crippen LogP) is 4.66. The average molecular weight is 308 g/mol. The van der Waals surface area contributed by atoms with Gasteiger partial charge in [-0.05, 0) is 43.4 Å². The summed E-state index contributed by atoms with van der Waals surface area (Å²) >= 11 is 0. The first kappa shape index (κ1) is 15.6. The minimum absolute atomic E-state index is 0.167. The summed E-state index contributed by atoms with van der Waals surface area (Å²) in [6.45, 7) is 10.8. The zero-order chi connectivity index (χ0) is 16.4. The third-order valence-corrected chi connectivity index (χ3v) is 4.27. The van der Waals surface area contributed by atoms with E-state index < -0.39 is 0 Å². The van der Waals surface area contributed by atoms with E-state index in [4.69, 9.17) is 4.84 Å². The van der Waals surface area contributed by atoms with Crippen LogP contribution < -0.4 is 0 Å². The third kappa shape index (κ3) is 3.09. The van der Waals surface area contributed by atoms with Crippen LogP contribution in [0.3, 0.4) is 0 Å². The van der Waals surface area contributed by atoms with Crippen molar-refractivity contribution in [2.45, 2.75) is 33.6 Å². The van der Waals surface area contributed by atoms with Gasteiger partial charge in [-0.3, -0.25) is 0 Å². The second-order valence-corrected chi connectivity index (χ2v) is 6.96. The molecule has 0 unspecified atom stereocenters. The Morgan fingerprint density at radius 2 is 2.00 bits per heavy atom. The van der Waals surface area contributed by atoms with Gasteiger partial charge in [0.2, 0.25) is 0 Å². The fourth-order valence-corrected chi connectivity index (χ4v) is 3.36. The van der Waals surface area contributed by atoms with Crippen LogP contribution in [0.1, 0.15) is 37.2 Å². The van der Waals surface area contributed by atoms with Crippen molar-refractivity contribution in [3.05, 3.63) is 66.0 Å². The fourth-order valence-electron chi connectivity index (χ4n) is 3.36. The first-order chi connectivity index (χ1) is 11.0. The molecule has 0 saturated heterocycles. The van der Waals surface area contributed by atoms with Crippen LogP contribution in [0.25, 0.3) is 5.69 Å². The Hall–Kier alpha value is -2.29. The second kappa shape index (κ2) is 6.07. The number of benzene rings is 1. The highest BCUT2D eigenvalue weighted by atomic mass is 16.6. The topological polar surface area (TPSA) is 26.5 Å². The van der Waals surface area contributed by atoms with Gasteiger partial charge in [0.05, 0.1) is 5.71 Å². The molecule has 3 rings (SSSR count). The molecular weight excluding hydrogens is 284 g/mol. The molecule has 1 heterocycles. The molecule has 0 bridgehead atoms. The number of rotatable bonds is 4. The smallest absolute Gasteiger partial charge is 0.135 e. The molecule has 3 nitrogen and oxygen atoms in total. The van der Waals surface area contributed by atoms with Crippen LogP contribution in [0.15, 0.2) is 54.2 Å². The molecule has 1 aliphatic rings. The fraction of sp³-hybridized carbons (Fsp3) is 0.350. The standard InChI is InChI=1S/C20H24N2O/c1-5-11-23-21-18-13-20(3,4)14-19-17(18)12-15(2)22(19)16-9-7-6-8-10-16/h5-10,12H,1,11,13-14H2,2-4H3. The van der Waals surface area contributed by atoms with Crippen molar-refractivity contribution in [2.75, 3.05) is 6.61 Å². The van der Waals surface area contributed by atoms with Crippen molar-refractivity contribution < 1.29 is 4.84 Å². The molecule has 0 radical (unpaired) electrons. The van der Waals surface area contributed by atoms with E-state index in [9.17, 15) is 0 Å². The van der Waals surface area contributed by atoms with Gasteiger partial charge in [0.1, 0.15) is 6.61 Å². The Morgan fingerprint density at radius 1 is 1.26 bits per heavy atom. The molecule has 0 saturated carbocycles. The number of aryl methyl sites for hydroxylation is 1. The summed E-state index contributed by atoms with van der Waals surface area (Å²) in [5.74, 6) is 0. The predicted molar refractivity (Wildman–Crippen MR) is 95.3 cm³/mol. The highest BCUT2D eigenvalue weighted by Crippen LogP contribution is 2.38. The van der Waals surface area contributed by atoms with Crippen molar-refractivity contribution in [3.63, 3.8) is 0 Å². The van der Waals surface area contributed by atoms with Gasteiger partial charge in [0, 0.05) is 22.6 Å². The molecule has 23 heavy (non-hydrogen) atoms. The summed E-state index contributed by atoms with van der Waals surface area (Å²) in [5, 5.41) is 4.39. The Morgan fingerprint density at radius 3 is 2.70 bits per heavy atom. The maximum absolute atomic E-state index is 5.39. The third-order valence-electron chi connectivity index (χ3n) is 4.27. The van der Waals surface area contributed by atoms with E-state index in [-0.39, 0.29) is 5.41 Å². The molecular formula is C20H24N2O. The van der Waals surface area contributed by atoms with Crippen LogP contribution in [0, 0.1) is 12.3 Å². The van der Waals surface area contributed by atoms with E-state index in [0.717, 1.165) is 18.6 Å². The largest absolute Gasteiger partial charge is 0.391 e. The van der Waals surface area contributed by atoms with Crippen LogP contribution in [0.2, 0.25) is 0 Å². The Labute approximate surface area is 138 Å². The number of hydrogen-bond donors (Lipinski definition) is 0. The normalized spacial score (nSPS) is 17.8. The van der Waals surface area contributed by atoms with E-state index in [0.29, 0.717) is 6.61 Å². The molecule has 0 amide bonds. The van der Waals surface area contributed by atoms with Gasteiger partial charge in [-0.15, -0.1) is 0 Å². The van der Waals surface area contributed by atoms with Gasteiger partial charge < -0.3 is 9.40 Å². The van der Waals surface area contributed by atoms with Crippen molar-refractivity contribution in [1.82, 2.24) is 4.57 Å². The lowest BCUT2D eigenvalue weighted by Gasteiger charge is -2.31. The lowest BCUT2D eigenvalue weighted by atomic mass is 9.76. The molecule has 3 heteroatoms. The minimum atomic E-state index is 0.167. The van der Waals surface area contributed by atoms with Crippen LogP contribution >= 0.6 is 0 Å². The first-order valence-electron chi connectivity index (χ1n) is 8.08. The highest BCUT2D eigenvalue weighted by Gasteiger charge is 2.33. The van der Waals surface area contributed by atoms with E-state index in [2.05, 4.69) is 73.5 Å². The molecule has 0 fully saturated rings. The van der Waals surface area contributed by atoms with Crippen LogP contribution in [-0.4, -0.2) is 16.9 Å². The van der Waals surface area contributed by atoms with E-state index in [1.807, 2.05) is 0 Å². The van der Waals surface area contributed by atoms with Crippen molar-refractivity contribution in [3.8, 4) is 5.69 Å². The van der Waals surface area contributed by atoms with Crippen molar-refractivity contribution in [1.29, 1.82) is 0 Å². The number of oxime groups is 1. The lowest BCUT2D eigenvalue weighted by Crippen LogP contribution is -2.28. The molecule has 1 aromatic carbocycles. The van der Waals surface area contributed by atoms with Gasteiger partial charge in [0.25, 0.3) is 0 Å². The summed E-state index contributed by atoms with van der Waals surface area (Å²) in [6, 6.07) is 12.7. The molecule has 1 aromatic heterocycles. The average Bonchev–Trinajstić information content (AvgIpc) is 2.83. The Balaban J connectivity index is 2.11. The monoisotopic (exact) mass is 308 g/mol. The molecule has 1 aliphatic carbocycles. The number of aromatic nitrogens is 1. The number of hydrogen-bond acceptors (Lipinski definition) is 2. The SMILES string of the molecule is C=CCON=C1CC(C)(C)Cc2c1cc(C)n2-c1ccccc1. The van der Waals surface area contributed by atoms with Crippen LogP contribution in [0.5, 0.6) is 0 Å². The molecule has 2 aromatic rings. The highest BCUT2D eigenvalue weighted by molar-refractivity contribution is 6.03. The van der Waals surface area contributed by atoms with Gasteiger partial charge in [-0.2, -0.15) is 0 Å². The molecule has 120 valence electrons. The zero-order valence-corrected chi connectivity index (χ0v) is 14.2. The molecule has 0 atom stereocenters. The van der Waals surface area contributed by atoms with Crippen LogP contribution in [-0.2, 0) is 11.3 Å². The quantitative estimate of drug-likeness (QED) is 0.458. The molecule has 0 aliphatic heterocycles. The summed E-state index contributed by atoms with van der Waals surface area (Å²) in [4.78, 5) is 5.39. The number of para-hydroxylation sites is 1. The maximum Gasteiger partial charge on any atom is 0.135 e.